The van der Waals surface area contributed by atoms with Gasteiger partial charge in [0.05, 0.1) is 42.7 Å². The molecule has 4 aromatic rings. The second-order valence-corrected chi connectivity index (χ2v) is 8.89. The van der Waals surface area contributed by atoms with Gasteiger partial charge in [0.25, 0.3) is 0 Å². The highest BCUT2D eigenvalue weighted by molar-refractivity contribution is 5.95. The molecule has 0 atom stereocenters. The SMILES string of the molecule is COc1cc(OC)c(C(=O)Oc2ccc(C#Cc3ccc(OC(=O)c4cc(OC)c(OC)cc4OC)cc3)cc2)cc1OC. The van der Waals surface area contributed by atoms with Gasteiger partial charge in [-0.2, -0.15) is 0 Å². The quantitative estimate of drug-likeness (QED) is 0.131. The number of benzene rings is 4. The van der Waals surface area contributed by atoms with Crippen LogP contribution in [0.25, 0.3) is 0 Å². The van der Waals surface area contributed by atoms with Crippen LogP contribution in [0.5, 0.6) is 46.0 Å². The zero-order valence-corrected chi connectivity index (χ0v) is 25.0. The van der Waals surface area contributed by atoms with E-state index in [0.717, 1.165) is 0 Å². The van der Waals surface area contributed by atoms with Crippen LogP contribution in [0.3, 0.4) is 0 Å². The van der Waals surface area contributed by atoms with Gasteiger partial charge < -0.3 is 37.9 Å². The Bertz CT molecular complexity index is 1570. The molecule has 4 rings (SSSR count). The van der Waals surface area contributed by atoms with Gasteiger partial charge in [-0.05, 0) is 48.5 Å². The Morgan fingerprint density at radius 2 is 0.727 bits per heavy atom. The molecule has 0 saturated carbocycles. The molecule has 0 heterocycles. The fourth-order valence-corrected chi connectivity index (χ4v) is 4.06. The first-order chi connectivity index (χ1) is 21.3. The summed E-state index contributed by atoms with van der Waals surface area (Å²) < 4.78 is 42.8. The molecular weight excluding hydrogens is 568 g/mol. The minimum atomic E-state index is -0.619. The van der Waals surface area contributed by atoms with Crippen molar-refractivity contribution in [1.29, 1.82) is 0 Å². The molecule has 0 amide bonds. The number of methoxy groups -OCH3 is 6. The van der Waals surface area contributed by atoms with E-state index < -0.39 is 11.9 Å². The number of carbonyl (C=O) groups excluding carboxylic acids is 2. The second-order valence-electron chi connectivity index (χ2n) is 8.89. The van der Waals surface area contributed by atoms with Crippen LogP contribution in [-0.2, 0) is 0 Å². The van der Waals surface area contributed by atoms with Gasteiger partial charge in [0.1, 0.15) is 34.1 Å². The molecular formula is C34H30O10. The maximum absolute atomic E-state index is 12.8. The molecule has 0 N–H and O–H groups in total. The summed E-state index contributed by atoms with van der Waals surface area (Å²) >= 11 is 0. The number of carbonyl (C=O) groups is 2. The summed E-state index contributed by atoms with van der Waals surface area (Å²) in [4.78, 5) is 25.7. The molecule has 10 heteroatoms. The van der Waals surface area contributed by atoms with Crippen LogP contribution in [-0.4, -0.2) is 54.6 Å². The van der Waals surface area contributed by atoms with Crippen LogP contribution in [0.2, 0.25) is 0 Å². The van der Waals surface area contributed by atoms with Crippen LogP contribution in [0.1, 0.15) is 31.8 Å². The predicted molar refractivity (Wildman–Crippen MR) is 161 cm³/mol. The minimum Gasteiger partial charge on any atom is -0.496 e. The van der Waals surface area contributed by atoms with Gasteiger partial charge in [-0.25, -0.2) is 9.59 Å². The van der Waals surface area contributed by atoms with Crippen molar-refractivity contribution >= 4 is 11.9 Å². The first-order valence-electron chi connectivity index (χ1n) is 13.1. The fraction of sp³-hybridized carbons (Fsp3) is 0.176. The number of esters is 2. The molecule has 226 valence electrons. The van der Waals surface area contributed by atoms with Gasteiger partial charge in [-0.15, -0.1) is 0 Å². The second kappa shape index (κ2) is 14.4. The zero-order chi connectivity index (χ0) is 31.6. The molecule has 0 fully saturated rings. The first-order valence-corrected chi connectivity index (χ1v) is 13.1. The highest BCUT2D eigenvalue weighted by atomic mass is 16.5. The van der Waals surface area contributed by atoms with Gasteiger partial charge in [-0.1, -0.05) is 11.8 Å². The van der Waals surface area contributed by atoms with Crippen LogP contribution in [0.4, 0.5) is 0 Å². The topological polar surface area (TPSA) is 108 Å². The standard InChI is InChI=1S/C34H30O10/c1-37-27-19-31(41-5)29(39-3)17-25(27)33(35)43-23-13-9-21(10-14-23)7-8-22-11-15-24(16-12-22)44-34(36)26-18-30(40-4)32(42-6)20-28(26)38-2/h9-20H,1-6H3. The van der Waals surface area contributed by atoms with Crippen LogP contribution in [0.15, 0.2) is 72.8 Å². The Kier molecular flexibility index (Phi) is 10.2. The van der Waals surface area contributed by atoms with E-state index in [1.165, 1.54) is 54.8 Å². The largest absolute Gasteiger partial charge is 0.496 e. The van der Waals surface area contributed by atoms with Gasteiger partial charge in [0.2, 0.25) is 0 Å². The highest BCUT2D eigenvalue weighted by Gasteiger charge is 2.21. The molecule has 0 bridgehead atoms. The molecule has 10 nitrogen and oxygen atoms in total. The molecule has 44 heavy (non-hydrogen) atoms. The molecule has 0 aliphatic heterocycles. The van der Waals surface area contributed by atoms with Gasteiger partial charge >= 0.3 is 11.9 Å². The molecule has 0 spiro atoms. The lowest BCUT2D eigenvalue weighted by molar-refractivity contribution is 0.0721. The summed E-state index contributed by atoms with van der Waals surface area (Å²) in [6.07, 6.45) is 0. The predicted octanol–water partition coefficient (Wildman–Crippen LogP) is 5.58. The molecule has 4 aromatic carbocycles. The van der Waals surface area contributed by atoms with Crippen LogP contribution < -0.4 is 37.9 Å². The van der Waals surface area contributed by atoms with E-state index >= 15 is 0 Å². The third kappa shape index (κ3) is 7.14. The third-order valence-electron chi connectivity index (χ3n) is 6.33. The first kappa shape index (κ1) is 31.1. The van der Waals surface area contributed by atoms with Crippen molar-refractivity contribution in [2.45, 2.75) is 0 Å². The lowest BCUT2D eigenvalue weighted by Gasteiger charge is -2.13. The Hall–Kier alpha value is -5.82. The van der Waals surface area contributed by atoms with Crippen molar-refractivity contribution in [1.82, 2.24) is 0 Å². The number of hydrogen-bond donors (Lipinski definition) is 0. The summed E-state index contributed by atoms with van der Waals surface area (Å²) in [5.74, 6) is 7.69. The molecule has 0 radical (unpaired) electrons. The van der Waals surface area contributed by atoms with Gasteiger partial charge in [0, 0.05) is 35.4 Å². The third-order valence-corrected chi connectivity index (χ3v) is 6.33. The summed E-state index contributed by atoms with van der Waals surface area (Å²) in [5, 5.41) is 0. The van der Waals surface area contributed by atoms with E-state index in [-0.39, 0.29) is 22.6 Å². The molecule has 0 aliphatic rings. The van der Waals surface area contributed by atoms with E-state index in [9.17, 15) is 9.59 Å². The maximum Gasteiger partial charge on any atom is 0.347 e. The Morgan fingerprint density at radius 3 is 1.02 bits per heavy atom. The van der Waals surface area contributed by atoms with E-state index in [1.807, 2.05) is 0 Å². The van der Waals surface area contributed by atoms with E-state index in [2.05, 4.69) is 11.8 Å². The summed E-state index contributed by atoms with van der Waals surface area (Å²) in [6.45, 7) is 0. The summed E-state index contributed by atoms with van der Waals surface area (Å²) in [5.41, 5.74) is 1.77. The normalized spacial score (nSPS) is 10.0. The van der Waals surface area contributed by atoms with Crippen molar-refractivity contribution in [3.8, 4) is 57.8 Å². The lowest BCUT2D eigenvalue weighted by atomic mass is 10.1. The average molecular weight is 599 g/mol. The van der Waals surface area contributed by atoms with Crippen LogP contribution in [0, 0.1) is 11.8 Å². The summed E-state index contributed by atoms with van der Waals surface area (Å²) in [7, 11) is 8.83. The van der Waals surface area contributed by atoms with Crippen molar-refractivity contribution in [2.75, 3.05) is 42.7 Å². The fourth-order valence-electron chi connectivity index (χ4n) is 4.06. The van der Waals surface area contributed by atoms with E-state index in [4.69, 9.17) is 37.9 Å². The Labute approximate surface area is 254 Å². The number of ether oxygens (including phenoxy) is 8. The van der Waals surface area contributed by atoms with Crippen molar-refractivity contribution in [3.05, 3.63) is 95.1 Å². The van der Waals surface area contributed by atoms with Gasteiger partial charge in [-0.3, -0.25) is 0 Å². The Morgan fingerprint density at radius 1 is 0.432 bits per heavy atom. The average Bonchev–Trinajstić information content (AvgIpc) is 3.07. The molecule has 0 aliphatic carbocycles. The lowest BCUT2D eigenvalue weighted by Crippen LogP contribution is -2.11. The zero-order valence-electron chi connectivity index (χ0n) is 25.0. The molecule has 0 aromatic heterocycles. The van der Waals surface area contributed by atoms with Crippen molar-refractivity contribution < 1.29 is 47.5 Å². The highest BCUT2D eigenvalue weighted by Crippen LogP contribution is 2.36. The smallest absolute Gasteiger partial charge is 0.347 e. The monoisotopic (exact) mass is 598 g/mol. The van der Waals surface area contributed by atoms with Crippen molar-refractivity contribution in [3.63, 3.8) is 0 Å². The maximum atomic E-state index is 12.8. The van der Waals surface area contributed by atoms with E-state index in [1.54, 1.807) is 60.7 Å². The molecule has 0 unspecified atom stereocenters. The summed E-state index contributed by atoms with van der Waals surface area (Å²) in [6, 6.07) is 19.6. The molecule has 0 saturated heterocycles. The number of hydrogen-bond acceptors (Lipinski definition) is 10. The minimum absolute atomic E-state index is 0.186. The van der Waals surface area contributed by atoms with Gasteiger partial charge in [0.15, 0.2) is 23.0 Å². The number of rotatable bonds is 10. The van der Waals surface area contributed by atoms with Crippen LogP contribution >= 0.6 is 0 Å². The van der Waals surface area contributed by atoms with E-state index in [0.29, 0.717) is 45.6 Å². The Balaban J connectivity index is 1.41. The van der Waals surface area contributed by atoms with Crippen molar-refractivity contribution in [2.24, 2.45) is 0 Å².